The van der Waals surface area contributed by atoms with Crippen molar-refractivity contribution in [2.75, 3.05) is 12.8 Å². The minimum absolute atomic E-state index is 0.0931. The highest BCUT2D eigenvalue weighted by atomic mass is 32.2. The average molecular weight is 361 g/mol. The summed E-state index contributed by atoms with van der Waals surface area (Å²) in [7, 11) is -3.70. The topological polar surface area (TPSA) is 87.8 Å². The molecule has 0 aromatic carbocycles. The molecule has 3 N–H and O–H groups in total. The average Bonchev–Trinajstić information content (AvgIpc) is 2.76. The highest BCUT2D eigenvalue weighted by molar-refractivity contribution is 7.99. The fourth-order valence-corrected chi connectivity index (χ4v) is 4.61. The Balaban J connectivity index is 2.44. The van der Waals surface area contributed by atoms with Crippen molar-refractivity contribution in [1.29, 1.82) is 0 Å². The number of hydrogen-bond acceptors (Lipinski definition) is 5. The maximum Gasteiger partial charge on any atom is 0.274 e. The molecular weight excluding hydrogens is 332 g/mol. The first-order valence-electron chi connectivity index (χ1n) is 7.85. The van der Waals surface area contributed by atoms with Crippen molar-refractivity contribution in [1.82, 2.24) is 9.62 Å². The van der Waals surface area contributed by atoms with Gasteiger partial charge in [-0.15, -0.1) is 0 Å². The summed E-state index contributed by atoms with van der Waals surface area (Å²) in [5.41, 5.74) is 2.41. The van der Waals surface area contributed by atoms with E-state index >= 15 is 0 Å². The Kier molecular flexibility index (Phi) is 5.21. The van der Waals surface area contributed by atoms with Gasteiger partial charge in [-0.05, 0) is 25.7 Å². The first-order valence-corrected chi connectivity index (χ1v) is 10.7. The van der Waals surface area contributed by atoms with E-state index in [9.17, 15) is 8.42 Å². The molecule has 0 amide bonds. The van der Waals surface area contributed by atoms with E-state index in [0.29, 0.717) is 18.2 Å². The number of fused-ring (bicyclic) bond motifs is 1. The van der Waals surface area contributed by atoms with Crippen LogP contribution < -0.4 is 9.86 Å². The molecule has 1 unspecified atom stereocenters. The molecule has 2 heterocycles. The number of nitrogens with zero attached hydrogens (tertiary/aromatic N) is 2. The van der Waals surface area contributed by atoms with E-state index in [1.807, 2.05) is 0 Å². The van der Waals surface area contributed by atoms with Crippen LogP contribution >= 0.6 is 11.8 Å². The first kappa shape index (κ1) is 18.8. The first-order chi connectivity index (χ1) is 10.4. The summed E-state index contributed by atoms with van der Waals surface area (Å²) < 4.78 is 25.4. The fraction of sp³-hybridized carbons (Fsp3) is 0.800. The summed E-state index contributed by atoms with van der Waals surface area (Å²) in [6, 6.07) is -0.0898. The lowest BCUT2D eigenvalue weighted by molar-refractivity contribution is 0.435. The van der Waals surface area contributed by atoms with Crippen LogP contribution in [0.4, 0.5) is 0 Å². The van der Waals surface area contributed by atoms with Gasteiger partial charge in [-0.2, -0.15) is 24.9 Å². The Morgan fingerprint density at radius 2 is 2.04 bits per heavy atom. The lowest BCUT2D eigenvalue weighted by Crippen LogP contribution is -2.45. The summed E-state index contributed by atoms with van der Waals surface area (Å²) in [5, 5.41) is 5.51. The van der Waals surface area contributed by atoms with Gasteiger partial charge in [-0.25, -0.2) is 5.14 Å². The van der Waals surface area contributed by atoms with E-state index in [1.54, 1.807) is 11.8 Å². The van der Waals surface area contributed by atoms with Gasteiger partial charge in [0.1, 0.15) is 5.84 Å². The highest BCUT2D eigenvalue weighted by Crippen LogP contribution is 2.39. The normalized spacial score (nSPS) is 27.1. The van der Waals surface area contributed by atoms with Crippen molar-refractivity contribution in [3.05, 3.63) is 11.3 Å². The SMILES string of the molecule is CSC(C)C1=C2C[C@H](NS(N)(=O)=O)CN2C(C(C)(C)C)=N[C@H]1C. The van der Waals surface area contributed by atoms with Crippen molar-refractivity contribution in [3.8, 4) is 0 Å². The third kappa shape index (κ3) is 4.10. The molecule has 2 rings (SSSR count). The second kappa shape index (κ2) is 6.38. The van der Waals surface area contributed by atoms with Gasteiger partial charge in [-0.3, -0.25) is 4.99 Å². The van der Waals surface area contributed by atoms with Crippen LogP contribution in [0.1, 0.15) is 41.0 Å². The number of nitrogens with two attached hydrogens (primary N) is 1. The Hall–Kier alpha value is -0.570. The van der Waals surface area contributed by atoms with E-state index < -0.39 is 10.2 Å². The van der Waals surface area contributed by atoms with Crippen LogP contribution in [0.15, 0.2) is 16.3 Å². The van der Waals surface area contributed by atoms with Crippen LogP contribution in [-0.2, 0) is 10.2 Å². The molecule has 0 bridgehead atoms. The van der Waals surface area contributed by atoms with Crippen molar-refractivity contribution in [2.24, 2.45) is 15.5 Å². The molecule has 0 saturated carbocycles. The molecule has 2 aliphatic heterocycles. The van der Waals surface area contributed by atoms with Gasteiger partial charge in [-0.1, -0.05) is 20.8 Å². The minimum atomic E-state index is -3.70. The van der Waals surface area contributed by atoms with E-state index in [4.69, 9.17) is 10.1 Å². The van der Waals surface area contributed by atoms with Crippen LogP contribution in [0.2, 0.25) is 0 Å². The van der Waals surface area contributed by atoms with Crippen LogP contribution in [0, 0.1) is 5.41 Å². The molecule has 3 atom stereocenters. The van der Waals surface area contributed by atoms with Crippen molar-refractivity contribution >= 4 is 27.8 Å². The van der Waals surface area contributed by atoms with Gasteiger partial charge in [0.05, 0.1) is 6.04 Å². The zero-order valence-electron chi connectivity index (χ0n) is 14.8. The van der Waals surface area contributed by atoms with E-state index in [-0.39, 0.29) is 17.5 Å². The van der Waals surface area contributed by atoms with Gasteiger partial charge >= 0.3 is 0 Å². The lowest BCUT2D eigenvalue weighted by atomic mass is 9.90. The summed E-state index contributed by atoms with van der Waals surface area (Å²) in [6.07, 6.45) is 2.75. The quantitative estimate of drug-likeness (QED) is 0.799. The molecule has 8 heteroatoms. The largest absolute Gasteiger partial charge is 0.332 e. The zero-order chi connectivity index (χ0) is 17.6. The minimum Gasteiger partial charge on any atom is -0.332 e. The highest BCUT2D eigenvalue weighted by Gasteiger charge is 2.41. The Labute approximate surface area is 144 Å². The van der Waals surface area contributed by atoms with Crippen LogP contribution in [-0.4, -0.2) is 49.3 Å². The predicted octanol–water partition coefficient (Wildman–Crippen LogP) is 1.71. The smallest absolute Gasteiger partial charge is 0.274 e. The van der Waals surface area contributed by atoms with Crippen molar-refractivity contribution in [3.63, 3.8) is 0 Å². The monoisotopic (exact) mass is 360 g/mol. The Morgan fingerprint density at radius 1 is 1.43 bits per heavy atom. The number of amidine groups is 1. The number of nitrogens with one attached hydrogen (secondary N) is 1. The van der Waals surface area contributed by atoms with Gasteiger partial charge in [0.2, 0.25) is 0 Å². The van der Waals surface area contributed by atoms with Crippen molar-refractivity contribution < 1.29 is 8.42 Å². The molecule has 1 fully saturated rings. The maximum atomic E-state index is 11.4. The molecule has 0 spiro atoms. The predicted molar refractivity (Wildman–Crippen MR) is 97.7 cm³/mol. The van der Waals surface area contributed by atoms with Gasteiger partial charge in [0.25, 0.3) is 10.2 Å². The van der Waals surface area contributed by atoms with Crippen LogP contribution in [0.3, 0.4) is 0 Å². The number of rotatable bonds is 4. The molecule has 0 aliphatic carbocycles. The van der Waals surface area contributed by atoms with Gasteiger partial charge < -0.3 is 4.90 Å². The lowest BCUT2D eigenvalue weighted by Gasteiger charge is -2.39. The molecule has 0 aromatic heterocycles. The summed E-state index contributed by atoms with van der Waals surface area (Å²) in [6.45, 7) is 11.3. The Bertz CT molecular complexity index is 634. The van der Waals surface area contributed by atoms with Crippen molar-refractivity contribution in [2.45, 2.75) is 58.4 Å². The zero-order valence-corrected chi connectivity index (χ0v) is 16.4. The molecule has 2 aliphatic rings. The van der Waals surface area contributed by atoms with E-state index in [1.165, 1.54) is 11.3 Å². The molecule has 23 heavy (non-hydrogen) atoms. The van der Waals surface area contributed by atoms with Crippen LogP contribution in [0.5, 0.6) is 0 Å². The molecule has 1 saturated heterocycles. The fourth-order valence-electron chi connectivity index (χ4n) is 3.40. The van der Waals surface area contributed by atoms with Gasteiger partial charge in [0.15, 0.2) is 0 Å². The second-order valence-electron chi connectivity index (χ2n) is 7.33. The molecule has 0 aromatic rings. The number of hydrogen-bond donors (Lipinski definition) is 2. The number of thioether (sulfide) groups is 1. The summed E-state index contributed by atoms with van der Waals surface area (Å²) in [4.78, 5) is 7.14. The number of aliphatic imine (C=N–C) groups is 1. The molecule has 0 radical (unpaired) electrons. The summed E-state index contributed by atoms with van der Waals surface area (Å²) in [5.74, 6) is 1.02. The second-order valence-corrected chi connectivity index (χ2v) is 9.84. The third-order valence-corrected chi connectivity index (χ3v) is 5.94. The van der Waals surface area contributed by atoms with E-state index in [2.05, 4.69) is 50.5 Å². The van der Waals surface area contributed by atoms with Gasteiger partial charge in [0, 0.05) is 35.4 Å². The maximum absolute atomic E-state index is 11.4. The summed E-state index contributed by atoms with van der Waals surface area (Å²) >= 11 is 1.79. The third-order valence-electron chi connectivity index (χ3n) is 4.32. The van der Waals surface area contributed by atoms with E-state index in [0.717, 1.165) is 5.84 Å². The Morgan fingerprint density at radius 3 is 2.52 bits per heavy atom. The molecule has 6 nitrogen and oxygen atoms in total. The molecular formula is C15H28N4O2S2. The van der Waals surface area contributed by atoms with Crippen LogP contribution in [0.25, 0.3) is 0 Å². The molecule has 132 valence electrons. The standard InChI is InChI=1S/C15H28N4O2S2/c1-9-13(10(2)22-6)12-7-11(18-23(16,20)21)8-19(12)14(17-9)15(3,4)5/h9-11,18H,7-8H2,1-6H3,(H2,16,20,21)/t9-,10?,11-/m0/s1.